The number of fused-ring (bicyclic) bond motifs is 1. The molecule has 1 atom stereocenters. The number of rotatable bonds is 7. The molecule has 0 spiro atoms. The second kappa shape index (κ2) is 8.32. The van der Waals surface area contributed by atoms with Gasteiger partial charge >= 0.3 is 5.97 Å². The van der Waals surface area contributed by atoms with E-state index in [2.05, 4.69) is 9.97 Å². The number of H-pyrrole nitrogens is 1. The molecule has 2 aromatic carbocycles. The molecular formula is C23H23N3O3. The lowest BCUT2D eigenvalue weighted by Gasteiger charge is -2.06. The van der Waals surface area contributed by atoms with Crippen LogP contribution in [0.25, 0.3) is 10.9 Å². The fraction of sp³-hybridized carbons (Fsp3) is 0.217. The molecule has 0 unspecified atom stereocenters. The largest absolute Gasteiger partial charge is 0.461 e. The van der Waals surface area contributed by atoms with E-state index in [1.54, 1.807) is 6.92 Å². The van der Waals surface area contributed by atoms with Crippen LogP contribution in [0, 0.1) is 0 Å². The average molecular weight is 389 g/mol. The molecule has 3 N–H and O–H groups in total. The maximum Gasteiger partial charge on any atom is 0.360 e. The molecule has 6 heteroatoms. The third kappa shape index (κ3) is 4.07. The van der Waals surface area contributed by atoms with Gasteiger partial charge in [-0.15, -0.1) is 0 Å². The van der Waals surface area contributed by atoms with Gasteiger partial charge < -0.3 is 19.9 Å². The molecule has 0 bridgehead atoms. The predicted molar refractivity (Wildman–Crippen MR) is 111 cm³/mol. The number of carbonyl (C=O) groups is 1. The maximum absolute atomic E-state index is 12.4. The highest BCUT2D eigenvalue weighted by Gasteiger charge is 2.25. The van der Waals surface area contributed by atoms with E-state index in [9.17, 15) is 4.79 Å². The van der Waals surface area contributed by atoms with Crippen molar-refractivity contribution in [3.05, 3.63) is 89.3 Å². The second-order valence-corrected chi connectivity index (χ2v) is 6.88. The minimum atomic E-state index is -0.493. The lowest BCUT2D eigenvalue weighted by molar-refractivity contribution is 0.0518. The van der Waals surface area contributed by atoms with E-state index in [1.165, 1.54) is 0 Å². The van der Waals surface area contributed by atoms with Crippen molar-refractivity contribution in [2.45, 2.75) is 25.8 Å². The number of esters is 1. The van der Waals surface area contributed by atoms with Crippen molar-refractivity contribution < 1.29 is 13.9 Å². The van der Waals surface area contributed by atoms with Crippen molar-refractivity contribution in [2.24, 2.45) is 5.73 Å². The number of ether oxygens (including phenoxy) is 1. The molecule has 2 aromatic heterocycles. The molecule has 0 amide bonds. The van der Waals surface area contributed by atoms with Crippen LogP contribution in [-0.4, -0.2) is 22.5 Å². The summed E-state index contributed by atoms with van der Waals surface area (Å²) in [7, 11) is 0. The first-order chi connectivity index (χ1) is 14.2. The van der Waals surface area contributed by atoms with Crippen LogP contribution < -0.4 is 5.73 Å². The zero-order chi connectivity index (χ0) is 20.2. The summed E-state index contributed by atoms with van der Waals surface area (Å²) in [5, 5.41) is 1.12. The molecule has 148 valence electrons. The standard InChI is InChI=1S/C23H23N3O3/c1-2-28-23(27)21-20(12-15-8-4-3-5-9-15)29-22(26-21)18(24)13-16-14-25-19-11-7-6-10-17(16)19/h3-11,14,18,25H,2,12-13,24H2,1H3/t18-/m1/s1. The van der Waals surface area contributed by atoms with Gasteiger partial charge in [-0.3, -0.25) is 0 Å². The lowest BCUT2D eigenvalue weighted by Crippen LogP contribution is -2.14. The minimum Gasteiger partial charge on any atom is -0.461 e. The van der Waals surface area contributed by atoms with Gasteiger partial charge in [-0.2, -0.15) is 0 Å². The SMILES string of the molecule is CCOC(=O)c1nc([C@H](N)Cc2c[nH]c3ccccc23)oc1Cc1ccccc1. The highest BCUT2D eigenvalue weighted by molar-refractivity contribution is 5.88. The van der Waals surface area contributed by atoms with Crippen LogP contribution in [-0.2, 0) is 17.6 Å². The van der Waals surface area contributed by atoms with Gasteiger partial charge in [-0.25, -0.2) is 9.78 Å². The van der Waals surface area contributed by atoms with Gasteiger partial charge in [0.25, 0.3) is 0 Å². The molecule has 0 aliphatic carbocycles. The van der Waals surface area contributed by atoms with Crippen LogP contribution in [0.5, 0.6) is 0 Å². The van der Waals surface area contributed by atoms with Crippen molar-refractivity contribution in [3.8, 4) is 0 Å². The van der Waals surface area contributed by atoms with Gasteiger partial charge in [0.05, 0.1) is 12.6 Å². The molecule has 0 fully saturated rings. The zero-order valence-electron chi connectivity index (χ0n) is 16.2. The molecule has 0 aliphatic rings. The maximum atomic E-state index is 12.4. The van der Waals surface area contributed by atoms with Crippen LogP contribution in [0.4, 0.5) is 0 Å². The predicted octanol–water partition coefficient (Wildman–Crippen LogP) is 4.17. The number of hydrogen-bond acceptors (Lipinski definition) is 5. The summed E-state index contributed by atoms with van der Waals surface area (Å²) in [5.74, 6) is 0.316. The third-order valence-electron chi connectivity index (χ3n) is 4.82. The molecule has 4 aromatic rings. The second-order valence-electron chi connectivity index (χ2n) is 6.88. The van der Waals surface area contributed by atoms with Gasteiger partial charge in [0, 0.05) is 23.5 Å². The summed E-state index contributed by atoms with van der Waals surface area (Å²) >= 11 is 0. The summed E-state index contributed by atoms with van der Waals surface area (Å²) in [6, 6.07) is 17.3. The Morgan fingerprint density at radius 2 is 1.93 bits per heavy atom. The van der Waals surface area contributed by atoms with Gasteiger partial charge in [0.1, 0.15) is 5.76 Å². The van der Waals surface area contributed by atoms with E-state index in [-0.39, 0.29) is 12.3 Å². The Bertz CT molecular complexity index is 1110. The Hall–Kier alpha value is -3.38. The van der Waals surface area contributed by atoms with Gasteiger partial charge in [-0.05, 0) is 30.5 Å². The van der Waals surface area contributed by atoms with E-state index in [0.717, 1.165) is 22.0 Å². The van der Waals surface area contributed by atoms with Crippen LogP contribution >= 0.6 is 0 Å². The van der Waals surface area contributed by atoms with E-state index >= 15 is 0 Å². The van der Waals surface area contributed by atoms with Crippen molar-refractivity contribution in [1.29, 1.82) is 0 Å². The fourth-order valence-corrected chi connectivity index (χ4v) is 3.41. The first-order valence-electron chi connectivity index (χ1n) is 9.67. The Morgan fingerprint density at radius 3 is 2.72 bits per heavy atom. The lowest BCUT2D eigenvalue weighted by atomic mass is 10.1. The van der Waals surface area contributed by atoms with Crippen LogP contribution in [0.15, 0.2) is 65.2 Å². The summed E-state index contributed by atoms with van der Waals surface area (Å²) in [5.41, 5.74) is 9.75. The van der Waals surface area contributed by atoms with Gasteiger partial charge in [0.15, 0.2) is 5.69 Å². The van der Waals surface area contributed by atoms with Gasteiger partial charge in [0.2, 0.25) is 5.89 Å². The quantitative estimate of drug-likeness (QED) is 0.463. The molecular weight excluding hydrogens is 366 g/mol. The Balaban J connectivity index is 1.62. The van der Waals surface area contributed by atoms with E-state index < -0.39 is 12.0 Å². The number of hydrogen-bond donors (Lipinski definition) is 2. The molecule has 0 saturated carbocycles. The number of para-hydroxylation sites is 1. The van der Waals surface area contributed by atoms with Crippen molar-refractivity contribution >= 4 is 16.9 Å². The Labute approximate surface area is 168 Å². The van der Waals surface area contributed by atoms with Crippen LogP contribution in [0.3, 0.4) is 0 Å². The molecule has 6 nitrogen and oxygen atoms in total. The van der Waals surface area contributed by atoms with Crippen LogP contribution in [0.2, 0.25) is 0 Å². The first kappa shape index (κ1) is 19.0. The van der Waals surface area contributed by atoms with Crippen LogP contribution in [0.1, 0.15) is 46.2 Å². The topological polar surface area (TPSA) is 94.1 Å². The average Bonchev–Trinajstić information content (AvgIpc) is 3.34. The number of aromatic amines is 1. The number of nitrogens with zero attached hydrogens (tertiary/aromatic N) is 1. The molecule has 0 aliphatic heterocycles. The number of carbonyl (C=O) groups excluding carboxylic acids is 1. The Morgan fingerprint density at radius 1 is 1.17 bits per heavy atom. The van der Waals surface area contributed by atoms with Crippen molar-refractivity contribution in [3.63, 3.8) is 0 Å². The fourth-order valence-electron chi connectivity index (χ4n) is 3.41. The molecule has 2 heterocycles. The molecule has 0 radical (unpaired) electrons. The summed E-state index contributed by atoms with van der Waals surface area (Å²) in [6.45, 7) is 2.03. The molecule has 29 heavy (non-hydrogen) atoms. The van der Waals surface area contributed by atoms with E-state index in [1.807, 2.05) is 60.8 Å². The number of nitrogens with one attached hydrogen (secondary N) is 1. The highest BCUT2D eigenvalue weighted by atomic mass is 16.5. The van der Waals surface area contributed by atoms with E-state index in [0.29, 0.717) is 24.5 Å². The molecule has 4 rings (SSSR count). The van der Waals surface area contributed by atoms with Crippen molar-refractivity contribution in [2.75, 3.05) is 6.61 Å². The smallest absolute Gasteiger partial charge is 0.360 e. The van der Waals surface area contributed by atoms with E-state index in [4.69, 9.17) is 14.9 Å². The van der Waals surface area contributed by atoms with Gasteiger partial charge in [-0.1, -0.05) is 48.5 Å². The monoisotopic (exact) mass is 389 g/mol. The number of oxazole rings is 1. The Kier molecular flexibility index (Phi) is 5.44. The molecule has 0 saturated heterocycles. The third-order valence-corrected chi connectivity index (χ3v) is 4.82. The number of aromatic nitrogens is 2. The number of benzene rings is 2. The normalized spacial score (nSPS) is 12.2. The zero-order valence-corrected chi connectivity index (χ0v) is 16.2. The number of nitrogens with two attached hydrogens (primary N) is 1. The summed E-state index contributed by atoms with van der Waals surface area (Å²) in [6.07, 6.45) is 2.93. The summed E-state index contributed by atoms with van der Waals surface area (Å²) in [4.78, 5) is 20.1. The summed E-state index contributed by atoms with van der Waals surface area (Å²) < 4.78 is 11.1. The first-order valence-corrected chi connectivity index (χ1v) is 9.67. The minimum absolute atomic E-state index is 0.195. The highest BCUT2D eigenvalue weighted by Crippen LogP contribution is 2.25. The van der Waals surface area contributed by atoms with Crippen molar-refractivity contribution in [1.82, 2.24) is 9.97 Å².